The number of sulfonamides is 1. The molecular weight excluding hydrogens is 466 g/mol. The number of carbonyl (C=O) groups is 1. The monoisotopic (exact) mass is 491 g/mol. The van der Waals surface area contributed by atoms with Crippen LogP contribution < -0.4 is 0 Å². The summed E-state index contributed by atoms with van der Waals surface area (Å²) in [5, 5.41) is 8.95. The zero-order valence-electron chi connectivity index (χ0n) is 19.2. The number of carboxylic acid groups (broad SMARTS) is 1. The Morgan fingerprint density at radius 1 is 0.943 bits per heavy atom. The highest BCUT2D eigenvalue weighted by Crippen LogP contribution is 2.22. The summed E-state index contributed by atoms with van der Waals surface area (Å²) in [4.78, 5) is 23.5. The first-order valence-corrected chi connectivity index (χ1v) is 12.4. The summed E-state index contributed by atoms with van der Waals surface area (Å²) in [6, 6.07) is 16.5. The third-order valence-corrected chi connectivity index (χ3v) is 7.08. The van der Waals surface area contributed by atoms with Gasteiger partial charge >= 0.3 is 5.97 Å². The summed E-state index contributed by atoms with van der Waals surface area (Å²) < 4.78 is 30.0. The summed E-state index contributed by atoms with van der Waals surface area (Å²) >= 11 is 0. The summed E-state index contributed by atoms with van der Waals surface area (Å²) in [6.45, 7) is 0.248. The number of aromatic nitrogens is 4. The predicted octanol–water partition coefficient (Wildman–Crippen LogP) is 3.29. The van der Waals surface area contributed by atoms with Gasteiger partial charge in [-0.1, -0.05) is 48.5 Å². The van der Waals surface area contributed by atoms with Crippen molar-refractivity contribution in [2.45, 2.75) is 31.0 Å². The van der Waals surface area contributed by atoms with Crippen LogP contribution in [0.1, 0.15) is 23.1 Å². The fourth-order valence-corrected chi connectivity index (χ4v) is 5.01. The van der Waals surface area contributed by atoms with Crippen LogP contribution in [0, 0.1) is 0 Å². The van der Waals surface area contributed by atoms with E-state index in [0.717, 1.165) is 22.3 Å². The maximum absolute atomic E-state index is 13.5. The molecule has 9 nitrogen and oxygen atoms in total. The van der Waals surface area contributed by atoms with Crippen molar-refractivity contribution in [2.75, 3.05) is 0 Å². The molecule has 35 heavy (non-hydrogen) atoms. The Morgan fingerprint density at radius 3 is 2.29 bits per heavy atom. The van der Waals surface area contributed by atoms with Gasteiger partial charge in [-0.3, -0.25) is 4.79 Å². The second-order valence-electron chi connectivity index (χ2n) is 8.13. The number of benzene rings is 2. The highest BCUT2D eigenvalue weighted by molar-refractivity contribution is 7.89. The van der Waals surface area contributed by atoms with E-state index in [1.54, 1.807) is 30.1 Å². The van der Waals surface area contributed by atoms with Crippen LogP contribution in [0.5, 0.6) is 0 Å². The molecule has 10 heteroatoms. The first-order valence-electron chi connectivity index (χ1n) is 11.0. The fourth-order valence-electron chi connectivity index (χ4n) is 3.63. The van der Waals surface area contributed by atoms with Crippen LogP contribution in [-0.4, -0.2) is 43.3 Å². The Bertz CT molecular complexity index is 1400. The topological polar surface area (TPSA) is 118 Å². The Balaban J connectivity index is 1.61. The summed E-state index contributed by atoms with van der Waals surface area (Å²) in [5.41, 5.74) is 3.24. The molecule has 1 N–H and O–H groups in total. The van der Waals surface area contributed by atoms with Gasteiger partial charge < -0.3 is 9.67 Å². The van der Waals surface area contributed by atoms with Crippen LogP contribution in [0.25, 0.3) is 11.4 Å². The normalized spacial score (nSPS) is 11.6. The highest BCUT2D eigenvalue weighted by Gasteiger charge is 2.27. The van der Waals surface area contributed by atoms with Crippen LogP contribution in [0.3, 0.4) is 0 Å². The number of hydrogen-bond donors (Lipinski definition) is 1. The van der Waals surface area contributed by atoms with Crippen LogP contribution in [0.2, 0.25) is 0 Å². The van der Waals surface area contributed by atoms with Crippen molar-refractivity contribution >= 4 is 16.0 Å². The molecule has 0 unspecified atom stereocenters. The quantitative estimate of drug-likeness (QED) is 0.362. The molecule has 4 rings (SSSR count). The van der Waals surface area contributed by atoms with Gasteiger partial charge in [-0.25, -0.2) is 23.4 Å². The van der Waals surface area contributed by atoms with Gasteiger partial charge in [0.25, 0.3) is 10.0 Å². The van der Waals surface area contributed by atoms with E-state index < -0.39 is 16.0 Å². The lowest BCUT2D eigenvalue weighted by Crippen LogP contribution is -2.30. The van der Waals surface area contributed by atoms with E-state index >= 15 is 0 Å². The number of nitrogens with zero attached hydrogens (tertiary/aromatic N) is 5. The average Bonchev–Trinajstić information content (AvgIpc) is 3.31. The van der Waals surface area contributed by atoms with Crippen molar-refractivity contribution in [1.82, 2.24) is 23.8 Å². The van der Waals surface area contributed by atoms with Crippen LogP contribution in [0.4, 0.5) is 0 Å². The summed E-state index contributed by atoms with van der Waals surface area (Å²) in [5.74, 6) is -0.283. The Hall–Kier alpha value is -3.89. The molecule has 0 aliphatic carbocycles. The van der Waals surface area contributed by atoms with Gasteiger partial charge in [0.05, 0.1) is 6.33 Å². The molecule has 2 aromatic carbocycles. The first-order chi connectivity index (χ1) is 16.8. The van der Waals surface area contributed by atoms with Crippen molar-refractivity contribution in [1.29, 1.82) is 0 Å². The van der Waals surface area contributed by atoms with E-state index in [9.17, 15) is 13.2 Å². The Morgan fingerprint density at radius 2 is 1.63 bits per heavy atom. The van der Waals surface area contributed by atoms with Gasteiger partial charge in [-0.2, -0.15) is 4.31 Å². The maximum Gasteiger partial charge on any atom is 0.303 e. The van der Waals surface area contributed by atoms with E-state index in [4.69, 9.17) is 5.11 Å². The van der Waals surface area contributed by atoms with Crippen LogP contribution in [0.15, 0.2) is 84.5 Å². The van der Waals surface area contributed by atoms with Gasteiger partial charge in [0, 0.05) is 50.7 Å². The Labute approximate surface area is 203 Å². The van der Waals surface area contributed by atoms with Gasteiger partial charge in [-0.05, 0) is 29.2 Å². The lowest BCUT2D eigenvalue weighted by atomic mass is 10.1. The number of rotatable bonds is 10. The maximum atomic E-state index is 13.5. The molecule has 0 aliphatic rings. The number of aliphatic carboxylic acids is 1. The second-order valence-corrected chi connectivity index (χ2v) is 10.0. The van der Waals surface area contributed by atoms with Crippen molar-refractivity contribution in [3.63, 3.8) is 0 Å². The zero-order chi connectivity index (χ0) is 24.8. The van der Waals surface area contributed by atoms with Crippen molar-refractivity contribution in [3.8, 4) is 11.4 Å². The molecule has 0 atom stereocenters. The van der Waals surface area contributed by atoms with Crippen molar-refractivity contribution in [3.05, 3.63) is 96.2 Å². The molecule has 0 spiro atoms. The van der Waals surface area contributed by atoms with Gasteiger partial charge in [0.1, 0.15) is 0 Å². The number of imidazole rings is 1. The minimum Gasteiger partial charge on any atom is -0.481 e. The molecule has 0 aliphatic heterocycles. The van der Waals surface area contributed by atoms with Crippen molar-refractivity contribution in [2.24, 2.45) is 7.05 Å². The van der Waals surface area contributed by atoms with E-state index in [1.165, 1.54) is 16.8 Å². The SMILES string of the molecule is Cn1cnc(S(=O)(=O)N(Cc2ccc(-c3ncccn3)cc2)Cc2cccc(CCC(=O)O)c2)c1. The molecular formula is C25H25N5O4S. The van der Waals surface area contributed by atoms with Gasteiger partial charge in [0.2, 0.25) is 0 Å². The Kier molecular flexibility index (Phi) is 7.33. The molecule has 180 valence electrons. The molecule has 0 saturated carbocycles. The number of aryl methyl sites for hydroxylation is 2. The standard InChI is InChI=1S/C25H25N5O4S/c1-29-17-23(28-18-29)35(33,34)30(16-21-5-2-4-19(14-21)8-11-24(31)32)15-20-6-9-22(10-7-20)25-26-12-3-13-27-25/h2-7,9-10,12-14,17-18H,8,11,15-16H2,1H3,(H,31,32). The molecule has 0 bridgehead atoms. The highest BCUT2D eigenvalue weighted by atomic mass is 32.2. The molecule has 0 saturated heterocycles. The molecule has 0 fully saturated rings. The molecule has 0 radical (unpaired) electrons. The van der Waals surface area contributed by atoms with E-state index in [0.29, 0.717) is 12.2 Å². The zero-order valence-corrected chi connectivity index (χ0v) is 20.0. The fraction of sp³-hybridized carbons (Fsp3) is 0.200. The van der Waals surface area contributed by atoms with E-state index in [2.05, 4.69) is 15.0 Å². The lowest BCUT2D eigenvalue weighted by molar-refractivity contribution is -0.136. The largest absolute Gasteiger partial charge is 0.481 e. The van der Waals surface area contributed by atoms with Crippen molar-refractivity contribution < 1.29 is 18.3 Å². The van der Waals surface area contributed by atoms with Crippen LogP contribution >= 0.6 is 0 Å². The summed E-state index contributed by atoms with van der Waals surface area (Å²) in [6.07, 6.45) is 6.65. The first kappa shape index (κ1) is 24.2. The van der Waals surface area contributed by atoms with Gasteiger partial charge in [-0.15, -0.1) is 0 Å². The smallest absolute Gasteiger partial charge is 0.303 e. The lowest BCUT2D eigenvalue weighted by Gasteiger charge is -2.22. The average molecular weight is 492 g/mol. The van der Waals surface area contributed by atoms with Crippen LogP contribution in [-0.2, 0) is 41.4 Å². The molecule has 2 aromatic heterocycles. The molecule has 4 aromatic rings. The third kappa shape index (κ3) is 6.17. The number of hydrogen-bond acceptors (Lipinski definition) is 6. The second kappa shape index (κ2) is 10.6. The van der Waals surface area contributed by atoms with E-state index in [-0.39, 0.29) is 24.5 Å². The molecule has 0 amide bonds. The predicted molar refractivity (Wildman–Crippen MR) is 130 cm³/mol. The minimum absolute atomic E-state index is 0.0108. The van der Waals surface area contributed by atoms with Gasteiger partial charge in [0.15, 0.2) is 10.9 Å². The number of carboxylic acids is 1. The van der Waals surface area contributed by atoms with E-state index in [1.807, 2.05) is 48.5 Å². The molecule has 2 heterocycles. The minimum atomic E-state index is -3.89. The third-order valence-electron chi connectivity index (χ3n) is 5.40. The summed E-state index contributed by atoms with van der Waals surface area (Å²) in [7, 11) is -2.18.